The molecule has 1 atom stereocenters. The normalized spacial score (nSPS) is 15.3. The lowest BCUT2D eigenvalue weighted by Crippen LogP contribution is -2.41. The van der Waals surface area contributed by atoms with E-state index in [0.717, 1.165) is 5.52 Å². The molecule has 0 fully saturated rings. The first kappa shape index (κ1) is 25.3. The molecule has 0 saturated carbocycles. The Hall–Kier alpha value is -5.36. The van der Waals surface area contributed by atoms with Gasteiger partial charge in [-0.15, -0.1) is 0 Å². The number of benzene rings is 3. The van der Waals surface area contributed by atoms with Gasteiger partial charge in [0.15, 0.2) is 5.58 Å². The molecule has 0 radical (unpaired) electrons. The van der Waals surface area contributed by atoms with Crippen LogP contribution in [0.2, 0.25) is 0 Å². The van der Waals surface area contributed by atoms with Crippen LogP contribution >= 0.6 is 0 Å². The van der Waals surface area contributed by atoms with E-state index >= 15 is 0 Å². The second-order valence-corrected chi connectivity index (χ2v) is 8.82. The smallest absolute Gasteiger partial charge is 0.355 e. The second kappa shape index (κ2) is 10.2. The van der Waals surface area contributed by atoms with E-state index in [1.807, 2.05) is 43.3 Å². The minimum absolute atomic E-state index is 0.00267. The quantitative estimate of drug-likeness (QED) is 0.372. The molecule has 1 aliphatic rings. The maximum absolute atomic E-state index is 13.3. The summed E-state index contributed by atoms with van der Waals surface area (Å²) in [6, 6.07) is 23.8. The Morgan fingerprint density at radius 3 is 2.33 bits per heavy atom. The third-order valence-electron chi connectivity index (χ3n) is 6.59. The zero-order valence-electron chi connectivity index (χ0n) is 21.5. The Bertz CT molecular complexity index is 1680. The molecule has 194 valence electrons. The molecule has 5 rings (SSSR count). The largest absolute Gasteiger partial charge is 0.466 e. The summed E-state index contributed by atoms with van der Waals surface area (Å²) < 4.78 is 16.1. The molecule has 39 heavy (non-hydrogen) atoms. The summed E-state index contributed by atoms with van der Waals surface area (Å²) in [6.07, 6.45) is 0. The van der Waals surface area contributed by atoms with Crippen LogP contribution in [-0.2, 0) is 19.1 Å². The molecule has 9 heteroatoms. The fourth-order valence-corrected chi connectivity index (χ4v) is 4.80. The molecular weight excluding hydrogens is 496 g/mol. The van der Waals surface area contributed by atoms with Gasteiger partial charge in [0, 0.05) is 5.56 Å². The summed E-state index contributed by atoms with van der Waals surface area (Å²) in [6.45, 7) is 1.82. The van der Waals surface area contributed by atoms with Crippen LogP contribution in [0, 0.1) is 18.3 Å². The summed E-state index contributed by atoms with van der Waals surface area (Å²) >= 11 is 0. The van der Waals surface area contributed by atoms with Crippen molar-refractivity contribution in [1.82, 2.24) is 4.98 Å². The number of nitriles is 1. The number of esters is 2. The number of ether oxygens (including phenoxy) is 2. The van der Waals surface area contributed by atoms with Gasteiger partial charge < -0.3 is 19.6 Å². The lowest BCUT2D eigenvalue weighted by Gasteiger charge is -2.36. The van der Waals surface area contributed by atoms with Gasteiger partial charge in [-0.2, -0.15) is 5.26 Å². The molecular formula is C30H24N4O5. The van der Waals surface area contributed by atoms with Crippen molar-refractivity contribution in [3.63, 3.8) is 0 Å². The number of aryl methyl sites for hydroxylation is 1. The predicted molar refractivity (Wildman–Crippen MR) is 144 cm³/mol. The van der Waals surface area contributed by atoms with Gasteiger partial charge in [-0.3, -0.25) is 4.90 Å². The predicted octanol–water partition coefficient (Wildman–Crippen LogP) is 4.70. The molecule has 0 aliphatic carbocycles. The molecule has 2 N–H and O–H groups in total. The summed E-state index contributed by atoms with van der Waals surface area (Å²) in [5.41, 5.74) is 10.3. The summed E-state index contributed by atoms with van der Waals surface area (Å²) in [7, 11) is 2.42. The maximum atomic E-state index is 13.3. The number of aromatic nitrogens is 1. The summed E-state index contributed by atoms with van der Waals surface area (Å²) in [5, 5.41) is 10.2. The topological polar surface area (TPSA) is 132 Å². The summed E-state index contributed by atoms with van der Waals surface area (Å²) in [5.74, 6) is -2.10. The third kappa shape index (κ3) is 4.28. The van der Waals surface area contributed by atoms with Crippen molar-refractivity contribution in [2.24, 2.45) is 5.73 Å². The van der Waals surface area contributed by atoms with Crippen LogP contribution in [0.15, 0.2) is 99.9 Å². The van der Waals surface area contributed by atoms with E-state index in [2.05, 4.69) is 11.1 Å². The van der Waals surface area contributed by atoms with Crippen LogP contribution in [-0.4, -0.2) is 31.1 Å². The van der Waals surface area contributed by atoms with E-state index < -0.39 is 17.9 Å². The molecule has 1 unspecified atom stereocenters. The van der Waals surface area contributed by atoms with Crippen molar-refractivity contribution in [3.05, 3.63) is 107 Å². The highest BCUT2D eigenvalue weighted by Crippen LogP contribution is 2.44. The van der Waals surface area contributed by atoms with Gasteiger partial charge in [0.2, 0.25) is 5.89 Å². The van der Waals surface area contributed by atoms with Gasteiger partial charge in [-0.05, 0) is 48.4 Å². The van der Waals surface area contributed by atoms with Gasteiger partial charge >= 0.3 is 11.9 Å². The molecule has 0 saturated heterocycles. The number of nitrogens with zero attached hydrogens (tertiary/aromatic N) is 3. The highest BCUT2D eigenvalue weighted by molar-refractivity contribution is 6.06. The Morgan fingerprint density at radius 1 is 1.00 bits per heavy atom. The van der Waals surface area contributed by atoms with Crippen molar-refractivity contribution in [1.29, 1.82) is 5.26 Å². The highest BCUT2D eigenvalue weighted by Gasteiger charge is 2.43. The number of carbonyl (C=O) groups excluding carboxylic acids is 2. The molecule has 9 nitrogen and oxygen atoms in total. The number of para-hydroxylation sites is 2. The van der Waals surface area contributed by atoms with Crippen molar-refractivity contribution >= 4 is 28.7 Å². The van der Waals surface area contributed by atoms with E-state index in [1.54, 1.807) is 36.4 Å². The fourth-order valence-electron chi connectivity index (χ4n) is 4.80. The van der Waals surface area contributed by atoms with Crippen LogP contribution in [0.1, 0.15) is 17.0 Å². The first-order chi connectivity index (χ1) is 18.9. The lowest BCUT2D eigenvalue weighted by atomic mass is 9.80. The van der Waals surface area contributed by atoms with Crippen LogP contribution < -0.4 is 10.6 Å². The van der Waals surface area contributed by atoms with E-state index in [-0.39, 0.29) is 22.7 Å². The number of fused-ring (bicyclic) bond motifs is 1. The van der Waals surface area contributed by atoms with Crippen LogP contribution in [0.4, 0.5) is 5.69 Å². The zero-order valence-corrected chi connectivity index (χ0v) is 21.5. The van der Waals surface area contributed by atoms with Gasteiger partial charge in [0.05, 0.1) is 43.0 Å². The first-order valence-electron chi connectivity index (χ1n) is 12.0. The monoisotopic (exact) mass is 520 g/mol. The van der Waals surface area contributed by atoms with Crippen molar-refractivity contribution < 1.29 is 23.5 Å². The van der Waals surface area contributed by atoms with Crippen molar-refractivity contribution in [2.45, 2.75) is 12.8 Å². The summed E-state index contributed by atoms with van der Waals surface area (Å²) in [4.78, 5) is 32.4. The minimum atomic E-state index is -0.937. The Kier molecular flexibility index (Phi) is 6.61. The molecule has 0 bridgehead atoms. The molecule has 1 aliphatic heterocycles. The van der Waals surface area contributed by atoms with E-state index in [9.17, 15) is 14.9 Å². The van der Waals surface area contributed by atoms with Crippen LogP contribution in [0.25, 0.3) is 22.6 Å². The number of hydrogen-bond acceptors (Lipinski definition) is 9. The SMILES string of the molecule is COC(=O)C1=C(C(=O)OC)N(c2ccc(-c3nc4ccccc4o3)cc2C)C(N)=C(C#N)C1c1ccccc1. The Labute approximate surface area is 224 Å². The van der Waals surface area contributed by atoms with E-state index in [1.165, 1.54) is 19.1 Å². The Balaban J connectivity index is 1.72. The van der Waals surface area contributed by atoms with Crippen LogP contribution in [0.3, 0.4) is 0 Å². The number of nitrogens with two attached hydrogens (primary N) is 1. The van der Waals surface area contributed by atoms with Crippen molar-refractivity contribution in [3.8, 4) is 17.5 Å². The van der Waals surface area contributed by atoms with E-state index in [0.29, 0.717) is 33.9 Å². The molecule has 0 spiro atoms. The number of carbonyl (C=O) groups is 2. The second-order valence-electron chi connectivity index (χ2n) is 8.82. The zero-order chi connectivity index (χ0) is 27.7. The number of anilines is 1. The molecule has 2 heterocycles. The molecule has 3 aromatic carbocycles. The van der Waals surface area contributed by atoms with E-state index in [4.69, 9.17) is 19.6 Å². The van der Waals surface area contributed by atoms with Crippen molar-refractivity contribution in [2.75, 3.05) is 19.1 Å². The highest BCUT2D eigenvalue weighted by atomic mass is 16.5. The first-order valence-corrected chi connectivity index (χ1v) is 12.0. The lowest BCUT2D eigenvalue weighted by molar-refractivity contribution is -0.139. The average Bonchev–Trinajstić information content (AvgIpc) is 3.41. The minimum Gasteiger partial charge on any atom is -0.466 e. The number of oxazole rings is 1. The number of rotatable bonds is 5. The number of allylic oxidation sites excluding steroid dienone is 1. The van der Waals surface area contributed by atoms with Gasteiger partial charge in [-0.25, -0.2) is 14.6 Å². The fraction of sp³-hybridized carbons (Fsp3) is 0.133. The molecule has 0 amide bonds. The standard InChI is InChI=1S/C30H24N4O5/c1-17-15-19(28-33-21-11-7-8-12-23(21)39-28)13-14-22(17)34-26(30(36)38-3)25(29(35)37-2)24(20(16-31)27(34)32)18-9-5-4-6-10-18/h4-15,24H,32H2,1-3H3. The van der Waals surface area contributed by atoms with Crippen LogP contribution in [0.5, 0.6) is 0 Å². The third-order valence-corrected chi connectivity index (χ3v) is 6.59. The Morgan fingerprint density at radius 2 is 1.69 bits per heavy atom. The number of methoxy groups -OCH3 is 2. The molecule has 4 aromatic rings. The molecule has 1 aromatic heterocycles. The van der Waals surface area contributed by atoms with Gasteiger partial charge in [-0.1, -0.05) is 42.5 Å². The van der Waals surface area contributed by atoms with Gasteiger partial charge in [0.25, 0.3) is 0 Å². The number of hydrogen-bond donors (Lipinski definition) is 1. The maximum Gasteiger partial charge on any atom is 0.355 e. The van der Waals surface area contributed by atoms with Gasteiger partial charge in [0.1, 0.15) is 17.0 Å². The average molecular weight is 521 g/mol.